The van der Waals surface area contributed by atoms with Crippen LogP contribution >= 0.6 is 0 Å². The summed E-state index contributed by atoms with van der Waals surface area (Å²) in [6.07, 6.45) is 0.445. The molecular weight excluding hydrogens is 270 g/mol. The normalized spacial score (nSPS) is 10.5. The van der Waals surface area contributed by atoms with Crippen LogP contribution < -0.4 is 10.9 Å². The minimum atomic E-state index is -0.721. The number of phenols is 1. The molecule has 0 saturated heterocycles. The van der Waals surface area contributed by atoms with Gasteiger partial charge in [-0.25, -0.2) is 4.79 Å². The summed E-state index contributed by atoms with van der Waals surface area (Å²) in [4.78, 5) is 23.1. The molecule has 3 aromatic rings. The first-order valence-corrected chi connectivity index (χ1v) is 6.27. The molecule has 0 fully saturated rings. The predicted octanol–water partition coefficient (Wildman–Crippen LogP) is 3.05. The second-order valence-corrected chi connectivity index (χ2v) is 4.43. The van der Waals surface area contributed by atoms with Gasteiger partial charge in [-0.2, -0.15) is 0 Å². The molecule has 5 heteroatoms. The van der Waals surface area contributed by atoms with E-state index in [2.05, 4.69) is 5.32 Å². The van der Waals surface area contributed by atoms with Crippen LogP contribution in [0.15, 0.2) is 57.7 Å². The zero-order chi connectivity index (χ0) is 14.8. The maximum Gasteiger partial charge on any atom is 0.349 e. The molecule has 0 radical (unpaired) electrons. The van der Waals surface area contributed by atoms with E-state index in [0.29, 0.717) is 28.6 Å². The number of benzene rings is 2. The van der Waals surface area contributed by atoms with Crippen LogP contribution in [0.2, 0.25) is 0 Å². The van der Waals surface area contributed by atoms with Crippen LogP contribution in [0.1, 0.15) is 10.4 Å². The molecule has 3 rings (SSSR count). The van der Waals surface area contributed by atoms with E-state index in [0.717, 1.165) is 0 Å². The Balaban J connectivity index is 2.27. The van der Waals surface area contributed by atoms with Gasteiger partial charge in [0.05, 0.1) is 11.4 Å². The quantitative estimate of drug-likeness (QED) is 0.438. The summed E-state index contributed by atoms with van der Waals surface area (Å²) >= 11 is 0. The molecule has 5 nitrogen and oxygen atoms in total. The van der Waals surface area contributed by atoms with Crippen molar-refractivity contribution in [1.82, 2.24) is 0 Å². The average Bonchev–Trinajstić information content (AvgIpc) is 2.49. The molecule has 0 saturated carbocycles. The lowest BCUT2D eigenvalue weighted by atomic mass is 10.1. The second-order valence-electron chi connectivity index (χ2n) is 4.43. The van der Waals surface area contributed by atoms with Gasteiger partial charge in [0.15, 0.2) is 6.29 Å². The van der Waals surface area contributed by atoms with Gasteiger partial charge in [0, 0.05) is 5.39 Å². The minimum absolute atomic E-state index is 0.0201. The summed E-state index contributed by atoms with van der Waals surface area (Å²) in [5, 5.41) is 13.3. The Kier molecular flexibility index (Phi) is 3.16. The van der Waals surface area contributed by atoms with E-state index in [-0.39, 0.29) is 11.3 Å². The number of hydrogen-bond acceptors (Lipinski definition) is 5. The summed E-state index contributed by atoms with van der Waals surface area (Å²) in [5.74, 6) is 0.0201. The number of carbonyl (C=O) groups excluding carboxylic acids is 1. The van der Waals surface area contributed by atoms with Gasteiger partial charge in [-0.3, -0.25) is 4.79 Å². The van der Waals surface area contributed by atoms with Gasteiger partial charge in [0.2, 0.25) is 0 Å². The number of carbonyl (C=O) groups is 1. The molecule has 0 bridgehead atoms. The van der Waals surface area contributed by atoms with Crippen molar-refractivity contribution in [1.29, 1.82) is 0 Å². The Bertz CT molecular complexity index is 883. The molecule has 2 N–H and O–H groups in total. The van der Waals surface area contributed by atoms with Gasteiger partial charge in [0.25, 0.3) is 0 Å². The third-order valence-corrected chi connectivity index (χ3v) is 3.13. The first-order valence-electron chi connectivity index (χ1n) is 6.27. The number of fused-ring (bicyclic) bond motifs is 1. The second kappa shape index (κ2) is 5.13. The van der Waals surface area contributed by atoms with Crippen molar-refractivity contribution >= 4 is 28.6 Å². The molecule has 0 unspecified atom stereocenters. The fraction of sp³-hybridized carbons (Fsp3) is 0. The van der Waals surface area contributed by atoms with Crippen molar-refractivity contribution in [2.75, 3.05) is 5.32 Å². The zero-order valence-electron chi connectivity index (χ0n) is 10.9. The van der Waals surface area contributed by atoms with Gasteiger partial charge in [-0.05, 0) is 24.3 Å². The zero-order valence-corrected chi connectivity index (χ0v) is 10.9. The van der Waals surface area contributed by atoms with E-state index >= 15 is 0 Å². The first-order chi connectivity index (χ1) is 10.2. The largest absolute Gasteiger partial charge is 0.506 e. The molecular formula is C16H11NO4. The molecule has 2 aromatic carbocycles. The van der Waals surface area contributed by atoms with Crippen LogP contribution in [-0.2, 0) is 0 Å². The van der Waals surface area contributed by atoms with Gasteiger partial charge in [-0.1, -0.05) is 24.3 Å². The van der Waals surface area contributed by atoms with Crippen molar-refractivity contribution in [3.05, 3.63) is 64.5 Å². The van der Waals surface area contributed by atoms with E-state index < -0.39 is 5.63 Å². The standard InChI is InChI=1S/C16H11NO4/c18-9-11-15(17-12-6-2-3-7-13(12)19)10-5-1-4-8-14(10)21-16(11)20/h1-9,17,19H. The van der Waals surface area contributed by atoms with Crippen LogP contribution in [0.5, 0.6) is 5.75 Å². The number of para-hydroxylation sites is 3. The van der Waals surface area contributed by atoms with Crippen LogP contribution in [0, 0.1) is 0 Å². The Labute approximate surface area is 119 Å². The summed E-state index contributed by atoms with van der Waals surface area (Å²) < 4.78 is 5.10. The van der Waals surface area contributed by atoms with Crippen LogP contribution in [0.4, 0.5) is 11.4 Å². The number of hydrogen-bond donors (Lipinski definition) is 2. The highest BCUT2D eigenvalue weighted by molar-refractivity contribution is 6.00. The average molecular weight is 281 g/mol. The third-order valence-electron chi connectivity index (χ3n) is 3.13. The minimum Gasteiger partial charge on any atom is -0.506 e. The van der Waals surface area contributed by atoms with Crippen molar-refractivity contribution in [3.8, 4) is 5.75 Å². The molecule has 0 amide bonds. The maximum atomic E-state index is 11.9. The van der Waals surface area contributed by atoms with E-state index in [4.69, 9.17) is 4.42 Å². The van der Waals surface area contributed by atoms with Gasteiger partial charge >= 0.3 is 5.63 Å². The maximum absolute atomic E-state index is 11.9. The first kappa shape index (κ1) is 12.9. The van der Waals surface area contributed by atoms with Crippen LogP contribution in [0.25, 0.3) is 11.0 Å². The Hall–Kier alpha value is -3.08. The molecule has 0 aliphatic rings. The van der Waals surface area contributed by atoms with Gasteiger partial charge < -0.3 is 14.8 Å². The molecule has 0 aliphatic heterocycles. The highest BCUT2D eigenvalue weighted by Crippen LogP contribution is 2.31. The predicted molar refractivity (Wildman–Crippen MR) is 79.3 cm³/mol. The number of nitrogens with one attached hydrogen (secondary N) is 1. The van der Waals surface area contributed by atoms with E-state index in [1.165, 1.54) is 6.07 Å². The lowest BCUT2D eigenvalue weighted by Crippen LogP contribution is -2.10. The number of anilines is 2. The fourth-order valence-electron chi connectivity index (χ4n) is 2.12. The van der Waals surface area contributed by atoms with Crippen molar-refractivity contribution in [3.63, 3.8) is 0 Å². The van der Waals surface area contributed by atoms with E-state index in [9.17, 15) is 14.7 Å². The number of rotatable bonds is 3. The van der Waals surface area contributed by atoms with Crippen molar-refractivity contribution in [2.24, 2.45) is 0 Å². The molecule has 21 heavy (non-hydrogen) atoms. The fourth-order valence-corrected chi connectivity index (χ4v) is 2.12. The Morgan fingerprint density at radius 3 is 2.52 bits per heavy atom. The molecule has 0 atom stereocenters. The lowest BCUT2D eigenvalue weighted by Gasteiger charge is -2.12. The van der Waals surface area contributed by atoms with E-state index in [1.54, 1.807) is 42.5 Å². The third kappa shape index (κ3) is 2.25. The number of aromatic hydroxyl groups is 1. The SMILES string of the molecule is O=Cc1c(Nc2ccccc2O)c2ccccc2oc1=O. The van der Waals surface area contributed by atoms with Crippen molar-refractivity contribution < 1.29 is 14.3 Å². The smallest absolute Gasteiger partial charge is 0.349 e. The van der Waals surface area contributed by atoms with Crippen LogP contribution in [0.3, 0.4) is 0 Å². The lowest BCUT2D eigenvalue weighted by molar-refractivity contribution is 0.112. The van der Waals surface area contributed by atoms with Crippen LogP contribution in [-0.4, -0.2) is 11.4 Å². The molecule has 0 spiro atoms. The Morgan fingerprint density at radius 2 is 1.76 bits per heavy atom. The monoisotopic (exact) mass is 281 g/mol. The summed E-state index contributed by atoms with van der Waals surface area (Å²) in [6.45, 7) is 0. The van der Waals surface area contributed by atoms with Crippen molar-refractivity contribution in [2.45, 2.75) is 0 Å². The topological polar surface area (TPSA) is 79.5 Å². The summed E-state index contributed by atoms with van der Waals surface area (Å²) in [7, 11) is 0. The number of phenolic OH excluding ortho intramolecular Hbond substituents is 1. The summed E-state index contributed by atoms with van der Waals surface area (Å²) in [5.41, 5.74) is 0.249. The molecule has 1 heterocycles. The highest BCUT2D eigenvalue weighted by atomic mass is 16.4. The molecule has 104 valence electrons. The highest BCUT2D eigenvalue weighted by Gasteiger charge is 2.15. The van der Waals surface area contributed by atoms with Gasteiger partial charge in [0.1, 0.15) is 16.9 Å². The number of aldehydes is 1. The molecule has 0 aliphatic carbocycles. The Morgan fingerprint density at radius 1 is 1.05 bits per heavy atom. The van der Waals surface area contributed by atoms with Gasteiger partial charge in [-0.15, -0.1) is 0 Å². The van der Waals surface area contributed by atoms with E-state index in [1.807, 2.05) is 0 Å². The summed E-state index contributed by atoms with van der Waals surface area (Å²) in [6, 6.07) is 13.4. The molecule has 1 aromatic heterocycles.